The van der Waals surface area contributed by atoms with E-state index in [9.17, 15) is 9.50 Å². The Bertz CT molecular complexity index is 555. The van der Waals surface area contributed by atoms with E-state index in [-0.39, 0.29) is 5.82 Å². The second-order valence-electron chi connectivity index (χ2n) is 4.27. The molecule has 0 spiro atoms. The van der Waals surface area contributed by atoms with Gasteiger partial charge in [-0.3, -0.25) is 0 Å². The van der Waals surface area contributed by atoms with Crippen LogP contribution in [0.5, 0.6) is 0 Å². The summed E-state index contributed by atoms with van der Waals surface area (Å²) in [6.07, 6.45) is -0.461. The molecule has 0 aliphatic rings. The van der Waals surface area contributed by atoms with E-state index in [0.717, 1.165) is 16.0 Å². The molecule has 1 N–H and O–H groups in total. The van der Waals surface area contributed by atoms with Crippen molar-refractivity contribution in [1.29, 1.82) is 0 Å². The molecule has 100 valence electrons. The second-order valence-corrected chi connectivity index (χ2v) is 5.73. The highest BCUT2D eigenvalue weighted by molar-refractivity contribution is 7.98. The molecule has 0 fully saturated rings. The van der Waals surface area contributed by atoms with E-state index in [1.807, 2.05) is 24.3 Å². The SMILES string of the molecule is CC(O)c1ccc(SCc2cc(F)ccc2Cl)cc1. The minimum absolute atomic E-state index is 0.274. The second kappa shape index (κ2) is 6.42. The summed E-state index contributed by atoms with van der Waals surface area (Å²) in [4.78, 5) is 1.06. The maximum absolute atomic E-state index is 13.1. The summed E-state index contributed by atoms with van der Waals surface area (Å²) in [5.41, 5.74) is 1.67. The van der Waals surface area contributed by atoms with Crippen molar-refractivity contribution < 1.29 is 9.50 Å². The lowest BCUT2D eigenvalue weighted by Crippen LogP contribution is -1.90. The maximum atomic E-state index is 13.1. The molecule has 19 heavy (non-hydrogen) atoms. The van der Waals surface area contributed by atoms with E-state index in [4.69, 9.17) is 11.6 Å². The van der Waals surface area contributed by atoms with E-state index >= 15 is 0 Å². The van der Waals surface area contributed by atoms with Gasteiger partial charge in [-0.15, -0.1) is 11.8 Å². The van der Waals surface area contributed by atoms with Crippen LogP contribution < -0.4 is 0 Å². The fourth-order valence-corrected chi connectivity index (χ4v) is 2.81. The van der Waals surface area contributed by atoms with Crippen LogP contribution in [0, 0.1) is 5.82 Å². The first-order valence-electron chi connectivity index (χ1n) is 5.91. The highest BCUT2D eigenvalue weighted by Crippen LogP contribution is 2.28. The molecule has 2 rings (SSSR count). The maximum Gasteiger partial charge on any atom is 0.123 e. The predicted octanol–water partition coefficient (Wildman–Crippen LogP) is 4.82. The van der Waals surface area contributed by atoms with Gasteiger partial charge >= 0.3 is 0 Å². The van der Waals surface area contributed by atoms with Crippen LogP contribution in [0.1, 0.15) is 24.2 Å². The molecule has 0 saturated heterocycles. The van der Waals surface area contributed by atoms with Gasteiger partial charge in [-0.05, 0) is 48.4 Å². The van der Waals surface area contributed by atoms with Crippen molar-refractivity contribution >= 4 is 23.4 Å². The van der Waals surface area contributed by atoms with Crippen LogP contribution in [0.25, 0.3) is 0 Å². The first kappa shape index (κ1) is 14.4. The molecule has 0 aromatic heterocycles. The van der Waals surface area contributed by atoms with Crippen LogP contribution >= 0.6 is 23.4 Å². The molecule has 1 nitrogen and oxygen atoms in total. The van der Waals surface area contributed by atoms with Crippen LogP contribution in [0.15, 0.2) is 47.4 Å². The van der Waals surface area contributed by atoms with E-state index in [1.54, 1.807) is 24.8 Å². The number of benzene rings is 2. The molecule has 0 heterocycles. The van der Waals surface area contributed by atoms with Gasteiger partial charge in [0.1, 0.15) is 5.82 Å². The summed E-state index contributed by atoms with van der Waals surface area (Å²) < 4.78 is 13.1. The van der Waals surface area contributed by atoms with E-state index in [2.05, 4.69) is 0 Å². The zero-order chi connectivity index (χ0) is 13.8. The van der Waals surface area contributed by atoms with Gasteiger partial charge in [0.05, 0.1) is 6.10 Å². The van der Waals surface area contributed by atoms with Gasteiger partial charge < -0.3 is 5.11 Å². The van der Waals surface area contributed by atoms with Gasteiger partial charge in [-0.2, -0.15) is 0 Å². The number of thioether (sulfide) groups is 1. The Labute approximate surface area is 121 Å². The van der Waals surface area contributed by atoms with Gasteiger partial charge in [-0.1, -0.05) is 23.7 Å². The molecular weight excluding hydrogens is 283 g/mol. The quantitative estimate of drug-likeness (QED) is 0.816. The lowest BCUT2D eigenvalue weighted by Gasteiger charge is -2.07. The summed E-state index contributed by atoms with van der Waals surface area (Å²) in [5.74, 6) is 0.342. The van der Waals surface area contributed by atoms with Gasteiger partial charge in [-0.25, -0.2) is 4.39 Å². The Hall–Kier alpha value is -1.03. The van der Waals surface area contributed by atoms with Crippen molar-refractivity contribution in [2.45, 2.75) is 23.7 Å². The first-order valence-corrected chi connectivity index (χ1v) is 7.27. The van der Waals surface area contributed by atoms with Crippen LogP contribution in [-0.2, 0) is 5.75 Å². The van der Waals surface area contributed by atoms with Gasteiger partial charge in [0, 0.05) is 15.7 Å². The van der Waals surface area contributed by atoms with Crippen LogP contribution in [0.3, 0.4) is 0 Å². The average Bonchev–Trinajstić information content (AvgIpc) is 2.40. The van der Waals surface area contributed by atoms with Gasteiger partial charge in [0.15, 0.2) is 0 Å². The van der Waals surface area contributed by atoms with Gasteiger partial charge in [0.25, 0.3) is 0 Å². The van der Waals surface area contributed by atoms with Crippen LogP contribution in [-0.4, -0.2) is 5.11 Å². The van der Waals surface area contributed by atoms with Gasteiger partial charge in [0.2, 0.25) is 0 Å². The third-order valence-electron chi connectivity index (χ3n) is 2.76. The van der Waals surface area contributed by atoms with Crippen molar-refractivity contribution in [2.24, 2.45) is 0 Å². The minimum atomic E-state index is -0.461. The molecular formula is C15H14ClFOS. The Morgan fingerprint density at radius 2 is 1.89 bits per heavy atom. The van der Waals surface area contributed by atoms with Crippen molar-refractivity contribution in [3.05, 3.63) is 64.4 Å². The molecule has 0 radical (unpaired) electrons. The monoisotopic (exact) mass is 296 g/mol. The number of aliphatic hydroxyl groups is 1. The van der Waals surface area contributed by atoms with E-state index in [0.29, 0.717) is 10.8 Å². The number of hydrogen-bond acceptors (Lipinski definition) is 2. The summed E-state index contributed by atoms with van der Waals surface area (Å²) in [7, 11) is 0. The summed E-state index contributed by atoms with van der Waals surface area (Å²) in [6, 6.07) is 12.1. The molecule has 0 amide bonds. The Morgan fingerprint density at radius 3 is 2.53 bits per heavy atom. The normalized spacial score (nSPS) is 12.4. The number of hydrogen-bond donors (Lipinski definition) is 1. The summed E-state index contributed by atoms with van der Waals surface area (Å²) >= 11 is 7.60. The lowest BCUT2D eigenvalue weighted by atomic mass is 10.1. The molecule has 1 atom stereocenters. The fraction of sp³-hybridized carbons (Fsp3) is 0.200. The van der Waals surface area contributed by atoms with Crippen molar-refractivity contribution in [3.63, 3.8) is 0 Å². The van der Waals surface area contributed by atoms with Crippen molar-refractivity contribution in [1.82, 2.24) is 0 Å². The number of halogens is 2. The Kier molecular flexibility index (Phi) is 4.86. The van der Waals surface area contributed by atoms with Crippen LogP contribution in [0.2, 0.25) is 5.02 Å². The average molecular weight is 297 g/mol. The highest BCUT2D eigenvalue weighted by atomic mass is 35.5. The zero-order valence-electron chi connectivity index (χ0n) is 10.4. The van der Waals surface area contributed by atoms with Crippen molar-refractivity contribution in [2.75, 3.05) is 0 Å². The predicted molar refractivity (Wildman–Crippen MR) is 78.0 cm³/mol. The van der Waals surface area contributed by atoms with Crippen molar-refractivity contribution in [3.8, 4) is 0 Å². The third-order valence-corrected chi connectivity index (χ3v) is 4.19. The lowest BCUT2D eigenvalue weighted by molar-refractivity contribution is 0.199. The molecule has 0 aliphatic heterocycles. The molecule has 2 aromatic carbocycles. The molecule has 1 unspecified atom stereocenters. The smallest absolute Gasteiger partial charge is 0.123 e. The topological polar surface area (TPSA) is 20.2 Å². The molecule has 0 aliphatic carbocycles. The van der Waals surface area contributed by atoms with E-state index < -0.39 is 6.10 Å². The number of rotatable bonds is 4. The highest BCUT2D eigenvalue weighted by Gasteiger charge is 2.04. The Balaban J connectivity index is 2.04. The molecule has 0 saturated carbocycles. The number of aliphatic hydroxyl groups excluding tert-OH is 1. The largest absolute Gasteiger partial charge is 0.389 e. The zero-order valence-corrected chi connectivity index (χ0v) is 12.0. The minimum Gasteiger partial charge on any atom is -0.389 e. The Morgan fingerprint density at radius 1 is 1.21 bits per heavy atom. The molecule has 4 heteroatoms. The van der Waals surface area contributed by atoms with E-state index in [1.165, 1.54) is 12.1 Å². The molecule has 2 aromatic rings. The molecule has 0 bridgehead atoms. The third kappa shape index (κ3) is 3.96. The summed E-state index contributed by atoms with van der Waals surface area (Å²) in [6.45, 7) is 1.73. The fourth-order valence-electron chi connectivity index (χ4n) is 1.66. The first-order chi connectivity index (χ1) is 9.06. The standard InChI is InChI=1S/C15H14ClFOS/c1-10(18)11-2-5-14(6-3-11)19-9-12-8-13(17)4-7-15(12)16/h2-8,10,18H,9H2,1H3. The summed E-state index contributed by atoms with van der Waals surface area (Å²) in [5, 5.41) is 10.0. The van der Waals surface area contributed by atoms with Crippen LogP contribution in [0.4, 0.5) is 4.39 Å².